The number of ether oxygens (including phenoxy) is 1. The summed E-state index contributed by atoms with van der Waals surface area (Å²) < 4.78 is 42.6. The van der Waals surface area contributed by atoms with Crippen molar-refractivity contribution in [3.63, 3.8) is 0 Å². The largest absolute Gasteiger partial charge is 0.493 e. The standard InChI is InChI=1S/C7H9F3N2O/c1-4-5(13-3)6(7(8,9)10)11-12(4)2/h1-3H3. The Morgan fingerprint density at radius 1 is 1.38 bits per heavy atom. The van der Waals surface area contributed by atoms with Gasteiger partial charge in [-0.2, -0.15) is 18.3 Å². The second-order valence-corrected chi connectivity index (χ2v) is 2.59. The van der Waals surface area contributed by atoms with Crippen LogP contribution >= 0.6 is 0 Å². The van der Waals surface area contributed by atoms with Crippen molar-refractivity contribution in [3.8, 4) is 5.75 Å². The Labute approximate surface area is 73.1 Å². The van der Waals surface area contributed by atoms with Gasteiger partial charge < -0.3 is 4.74 Å². The minimum absolute atomic E-state index is 0.213. The van der Waals surface area contributed by atoms with Gasteiger partial charge in [-0.05, 0) is 6.92 Å². The maximum absolute atomic E-state index is 12.3. The summed E-state index contributed by atoms with van der Waals surface area (Å²) in [4.78, 5) is 0. The van der Waals surface area contributed by atoms with Crippen molar-refractivity contribution in [1.29, 1.82) is 0 Å². The first-order valence-corrected chi connectivity index (χ1v) is 3.52. The molecule has 0 saturated carbocycles. The topological polar surface area (TPSA) is 27.1 Å². The van der Waals surface area contributed by atoms with Crippen LogP contribution in [0, 0.1) is 6.92 Å². The van der Waals surface area contributed by atoms with Gasteiger partial charge in [-0.1, -0.05) is 0 Å². The molecule has 1 rings (SSSR count). The Hall–Kier alpha value is -1.20. The molecular formula is C7H9F3N2O. The fraction of sp³-hybridized carbons (Fsp3) is 0.571. The van der Waals surface area contributed by atoms with Gasteiger partial charge in [-0.3, -0.25) is 4.68 Å². The Balaban J connectivity index is 3.30. The molecule has 0 bridgehead atoms. The van der Waals surface area contributed by atoms with Crippen molar-refractivity contribution in [1.82, 2.24) is 9.78 Å². The molecule has 74 valence electrons. The van der Waals surface area contributed by atoms with Crippen LogP contribution in [0.5, 0.6) is 5.75 Å². The van der Waals surface area contributed by atoms with Gasteiger partial charge in [0.2, 0.25) is 5.69 Å². The van der Waals surface area contributed by atoms with E-state index in [-0.39, 0.29) is 5.75 Å². The van der Waals surface area contributed by atoms with Crippen LogP contribution in [0.25, 0.3) is 0 Å². The molecule has 0 N–H and O–H groups in total. The number of methoxy groups -OCH3 is 1. The first-order chi connectivity index (χ1) is 5.88. The highest BCUT2D eigenvalue weighted by atomic mass is 19.4. The highest BCUT2D eigenvalue weighted by Crippen LogP contribution is 2.36. The average Bonchev–Trinajstić information content (AvgIpc) is 2.28. The van der Waals surface area contributed by atoms with Crippen molar-refractivity contribution in [2.24, 2.45) is 7.05 Å². The molecule has 0 saturated heterocycles. The zero-order chi connectivity index (χ0) is 10.2. The van der Waals surface area contributed by atoms with E-state index in [2.05, 4.69) is 9.84 Å². The summed E-state index contributed by atoms with van der Waals surface area (Å²) in [7, 11) is 2.63. The monoisotopic (exact) mass is 194 g/mol. The van der Waals surface area contributed by atoms with E-state index in [0.717, 1.165) is 4.68 Å². The summed E-state index contributed by atoms with van der Waals surface area (Å²) in [6.07, 6.45) is -4.46. The van der Waals surface area contributed by atoms with Gasteiger partial charge in [-0.15, -0.1) is 0 Å². The fourth-order valence-electron chi connectivity index (χ4n) is 1.02. The van der Waals surface area contributed by atoms with Crippen molar-refractivity contribution in [2.75, 3.05) is 7.11 Å². The zero-order valence-electron chi connectivity index (χ0n) is 7.44. The highest BCUT2D eigenvalue weighted by Gasteiger charge is 2.39. The van der Waals surface area contributed by atoms with Crippen LogP contribution in [0.3, 0.4) is 0 Å². The predicted molar refractivity (Wildman–Crippen MR) is 39.5 cm³/mol. The maximum atomic E-state index is 12.3. The molecule has 6 heteroatoms. The molecule has 0 spiro atoms. The summed E-state index contributed by atoms with van der Waals surface area (Å²) in [5, 5.41) is 3.32. The fourth-order valence-corrected chi connectivity index (χ4v) is 1.02. The van der Waals surface area contributed by atoms with E-state index in [1.165, 1.54) is 21.1 Å². The molecule has 0 amide bonds. The van der Waals surface area contributed by atoms with E-state index in [9.17, 15) is 13.2 Å². The number of hydrogen-bond acceptors (Lipinski definition) is 2. The van der Waals surface area contributed by atoms with Crippen LogP contribution < -0.4 is 4.74 Å². The second-order valence-electron chi connectivity index (χ2n) is 2.59. The van der Waals surface area contributed by atoms with E-state index in [1.54, 1.807) is 0 Å². The van der Waals surface area contributed by atoms with E-state index in [4.69, 9.17) is 0 Å². The second kappa shape index (κ2) is 2.93. The molecule has 1 aromatic heterocycles. The van der Waals surface area contributed by atoms with Gasteiger partial charge in [0.15, 0.2) is 5.75 Å². The summed E-state index contributed by atoms with van der Waals surface area (Å²) in [5.74, 6) is -0.213. The lowest BCUT2D eigenvalue weighted by Crippen LogP contribution is -2.08. The lowest BCUT2D eigenvalue weighted by Gasteiger charge is -2.04. The van der Waals surface area contributed by atoms with Crippen molar-refractivity contribution < 1.29 is 17.9 Å². The lowest BCUT2D eigenvalue weighted by atomic mass is 10.3. The maximum Gasteiger partial charge on any atom is 0.438 e. The summed E-state index contributed by atoms with van der Waals surface area (Å²) >= 11 is 0. The van der Waals surface area contributed by atoms with E-state index in [0.29, 0.717) is 5.69 Å². The van der Waals surface area contributed by atoms with Gasteiger partial charge in [0.1, 0.15) is 0 Å². The molecule has 0 aliphatic rings. The molecule has 1 heterocycles. The lowest BCUT2D eigenvalue weighted by molar-refractivity contribution is -0.142. The minimum Gasteiger partial charge on any atom is -0.493 e. The molecule has 3 nitrogen and oxygen atoms in total. The molecule has 0 unspecified atom stereocenters. The average molecular weight is 194 g/mol. The third kappa shape index (κ3) is 1.61. The molecule has 1 aromatic rings. The summed E-state index contributed by atoms with van der Waals surface area (Å²) in [6, 6.07) is 0. The Kier molecular flexibility index (Phi) is 2.23. The van der Waals surface area contributed by atoms with Gasteiger partial charge in [0.05, 0.1) is 12.8 Å². The number of aryl methyl sites for hydroxylation is 1. The molecule has 0 aliphatic heterocycles. The minimum atomic E-state index is -4.46. The van der Waals surface area contributed by atoms with Crippen LogP contribution in [0.1, 0.15) is 11.4 Å². The Bertz CT molecular complexity index is 316. The summed E-state index contributed by atoms with van der Waals surface area (Å²) in [6.45, 7) is 1.51. The SMILES string of the molecule is COc1c(C(F)(F)F)nn(C)c1C. The van der Waals surface area contributed by atoms with Crippen molar-refractivity contribution in [2.45, 2.75) is 13.1 Å². The number of rotatable bonds is 1. The van der Waals surface area contributed by atoms with E-state index in [1.807, 2.05) is 0 Å². The quantitative estimate of drug-likeness (QED) is 0.681. The number of hydrogen-bond donors (Lipinski definition) is 0. The first-order valence-electron chi connectivity index (χ1n) is 3.52. The highest BCUT2D eigenvalue weighted by molar-refractivity contribution is 5.34. The van der Waals surface area contributed by atoms with Crippen LogP contribution in [-0.2, 0) is 13.2 Å². The first kappa shape index (κ1) is 9.88. The van der Waals surface area contributed by atoms with Crippen LogP contribution in [-0.4, -0.2) is 16.9 Å². The molecule has 13 heavy (non-hydrogen) atoms. The van der Waals surface area contributed by atoms with Crippen LogP contribution in [0.15, 0.2) is 0 Å². The van der Waals surface area contributed by atoms with Gasteiger partial charge in [0, 0.05) is 7.05 Å². The number of nitrogens with zero attached hydrogens (tertiary/aromatic N) is 2. The van der Waals surface area contributed by atoms with Crippen molar-refractivity contribution >= 4 is 0 Å². The Morgan fingerprint density at radius 2 is 1.92 bits per heavy atom. The number of alkyl halides is 3. The summed E-state index contributed by atoms with van der Waals surface area (Å²) in [5.41, 5.74) is -0.621. The smallest absolute Gasteiger partial charge is 0.438 e. The molecule has 0 atom stereocenters. The van der Waals surface area contributed by atoms with Gasteiger partial charge in [-0.25, -0.2) is 0 Å². The van der Waals surface area contributed by atoms with Crippen LogP contribution in [0.4, 0.5) is 13.2 Å². The Morgan fingerprint density at radius 3 is 2.23 bits per heavy atom. The molecule has 0 fully saturated rings. The third-order valence-corrected chi connectivity index (χ3v) is 1.75. The predicted octanol–water partition coefficient (Wildman–Crippen LogP) is 1.76. The molecule has 0 aliphatic carbocycles. The molecular weight excluding hydrogens is 185 g/mol. The molecule has 0 aromatic carbocycles. The van der Waals surface area contributed by atoms with Crippen LogP contribution in [0.2, 0.25) is 0 Å². The normalized spacial score (nSPS) is 11.8. The van der Waals surface area contributed by atoms with E-state index >= 15 is 0 Å². The zero-order valence-corrected chi connectivity index (χ0v) is 7.44. The number of aromatic nitrogens is 2. The molecule has 0 radical (unpaired) electrons. The van der Waals surface area contributed by atoms with Crippen molar-refractivity contribution in [3.05, 3.63) is 11.4 Å². The van der Waals surface area contributed by atoms with Gasteiger partial charge >= 0.3 is 6.18 Å². The third-order valence-electron chi connectivity index (χ3n) is 1.75. The van der Waals surface area contributed by atoms with E-state index < -0.39 is 11.9 Å². The number of halogens is 3. The van der Waals surface area contributed by atoms with Gasteiger partial charge in [0.25, 0.3) is 0 Å².